The molecule has 96 valence electrons. The number of pyridine rings is 1. The van der Waals surface area contributed by atoms with Gasteiger partial charge in [0, 0.05) is 12.4 Å². The molecule has 0 unspecified atom stereocenters. The molecule has 2 aromatic rings. The standard InChI is InChI=1S/C12H17N5O/c1-2-7-18-12-9(13)3-4-10(17-12)16-8-11-14-5-6-15-11/h3-6H,2,7-8,13H2,1H3,(H,14,15)(H,16,17). The van der Waals surface area contributed by atoms with Crippen molar-refractivity contribution < 1.29 is 4.74 Å². The minimum atomic E-state index is 0.473. The van der Waals surface area contributed by atoms with Gasteiger partial charge < -0.3 is 20.8 Å². The van der Waals surface area contributed by atoms with Crippen LogP contribution in [0.25, 0.3) is 0 Å². The third-order valence-electron chi connectivity index (χ3n) is 2.32. The number of ether oxygens (including phenoxy) is 1. The summed E-state index contributed by atoms with van der Waals surface area (Å²) in [5.41, 5.74) is 6.34. The normalized spacial score (nSPS) is 10.3. The molecule has 0 fully saturated rings. The number of hydrogen-bond donors (Lipinski definition) is 3. The second-order valence-corrected chi connectivity index (χ2v) is 3.83. The highest BCUT2D eigenvalue weighted by molar-refractivity contribution is 5.53. The van der Waals surface area contributed by atoms with Crippen LogP contribution in [0.4, 0.5) is 11.5 Å². The molecule has 0 saturated heterocycles. The van der Waals surface area contributed by atoms with E-state index in [1.54, 1.807) is 18.5 Å². The smallest absolute Gasteiger partial charge is 0.239 e. The Morgan fingerprint density at radius 2 is 2.33 bits per heavy atom. The summed E-state index contributed by atoms with van der Waals surface area (Å²) in [4.78, 5) is 11.4. The Balaban J connectivity index is 2.00. The number of hydrogen-bond acceptors (Lipinski definition) is 5. The van der Waals surface area contributed by atoms with Gasteiger partial charge in [0.2, 0.25) is 5.88 Å². The molecule has 0 bridgehead atoms. The SMILES string of the molecule is CCCOc1nc(NCc2ncc[nH]2)ccc1N. The Hall–Kier alpha value is -2.24. The quantitative estimate of drug-likeness (QED) is 0.724. The van der Waals surface area contributed by atoms with Crippen molar-refractivity contribution in [2.24, 2.45) is 0 Å². The van der Waals surface area contributed by atoms with Crippen LogP contribution >= 0.6 is 0 Å². The maximum atomic E-state index is 5.79. The summed E-state index contributed by atoms with van der Waals surface area (Å²) in [6.45, 7) is 3.23. The number of aromatic nitrogens is 3. The molecule has 0 amide bonds. The van der Waals surface area contributed by atoms with E-state index in [1.807, 2.05) is 13.0 Å². The first-order valence-electron chi connectivity index (χ1n) is 5.91. The van der Waals surface area contributed by atoms with Crippen molar-refractivity contribution in [1.29, 1.82) is 0 Å². The number of nitrogens with zero attached hydrogens (tertiary/aromatic N) is 2. The van der Waals surface area contributed by atoms with Gasteiger partial charge in [-0.15, -0.1) is 0 Å². The fourth-order valence-corrected chi connectivity index (χ4v) is 1.43. The molecular formula is C12H17N5O. The average molecular weight is 247 g/mol. The Bertz CT molecular complexity index is 483. The predicted molar refractivity (Wildman–Crippen MR) is 70.3 cm³/mol. The zero-order valence-electron chi connectivity index (χ0n) is 10.3. The summed E-state index contributed by atoms with van der Waals surface area (Å²) < 4.78 is 5.46. The molecule has 6 heteroatoms. The summed E-state index contributed by atoms with van der Waals surface area (Å²) >= 11 is 0. The molecule has 4 N–H and O–H groups in total. The van der Waals surface area contributed by atoms with Gasteiger partial charge in [0.1, 0.15) is 11.6 Å². The molecule has 2 aromatic heterocycles. The first kappa shape index (κ1) is 12.2. The van der Waals surface area contributed by atoms with Crippen molar-refractivity contribution in [2.75, 3.05) is 17.7 Å². The van der Waals surface area contributed by atoms with Crippen LogP contribution in [0, 0.1) is 0 Å². The molecule has 0 atom stereocenters. The first-order valence-corrected chi connectivity index (χ1v) is 5.91. The van der Waals surface area contributed by atoms with E-state index in [9.17, 15) is 0 Å². The number of aromatic amines is 1. The maximum absolute atomic E-state index is 5.79. The summed E-state index contributed by atoms with van der Waals surface area (Å²) in [5, 5.41) is 3.15. The van der Waals surface area contributed by atoms with Crippen molar-refractivity contribution in [2.45, 2.75) is 19.9 Å². The fourth-order valence-electron chi connectivity index (χ4n) is 1.43. The summed E-state index contributed by atoms with van der Waals surface area (Å²) in [6, 6.07) is 3.60. The van der Waals surface area contributed by atoms with Gasteiger partial charge in [-0.1, -0.05) is 6.92 Å². The number of nitrogen functional groups attached to an aromatic ring is 1. The molecule has 0 radical (unpaired) electrons. The number of nitrogens with one attached hydrogen (secondary N) is 2. The minimum Gasteiger partial charge on any atom is -0.476 e. The topological polar surface area (TPSA) is 88.8 Å². The molecule has 6 nitrogen and oxygen atoms in total. The third kappa shape index (κ3) is 3.13. The zero-order valence-corrected chi connectivity index (χ0v) is 10.3. The molecule has 18 heavy (non-hydrogen) atoms. The molecule has 2 heterocycles. The number of nitrogens with two attached hydrogens (primary N) is 1. The summed E-state index contributed by atoms with van der Waals surface area (Å²) in [5.74, 6) is 2.04. The van der Waals surface area contributed by atoms with Crippen LogP contribution in [0.3, 0.4) is 0 Å². The highest BCUT2D eigenvalue weighted by Gasteiger charge is 2.04. The van der Waals surface area contributed by atoms with Crippen LogP contribution in [0.2, 0.25) is 0 Å². The third-order valence-corrected chi connectivity index (χ3v) is 2.32. The Morgan fingerprint density at radius 3 is 3.06 bits per heavy atom. The number of rotatable bonds is 6. The number of imidazole rings is 1. The Labute approximate surface area is 106 Å². The van der Waals surface area contributed by atoms with Crippen molar-refractivity contribution >= 4 is 11.5 Å². The van der Waals surface area contributed by atoms with Gasteiger partial charge in [0.25, 0.3) is 0 Å². The lowest BCUT2D eigenvalue weighted by Gasteiger charge is -2.09. The van der Waals surface area contributed by atoms with Crippen LogP contribution in [0.15, 0.2) is 24.5 Å². The van der Waals surface area contributed by atoms with Gasteiger partial charge >= 0.3 is 0 Å². The van der Waals surface area contributed by atoms with E-state index >= 15 is 0 Å². The lowest BCUT2D eigenvalue weighted by Crippen LogP contribution is -2.06. The van der Waals surface area contributed by atoms with Crippen molar-refractivity contribution in [3.05, 3.63) is 30.4 Å². The van der Waals surface area contributed by atoms with Crippen LogP contribution in [-0.2, 0) is 6.54 Å². The van der Waals surface area contributed by atoms with Gasteiger partial charge in [-0.2, -0.15) is 4.98 Å². The van der Waals surface area contributed by atoms with Crippen LogP contribution < -0.4 is 15.8 Å². The summed E-state index contributed by atoms with van der Waals surface area (Å²) in [6.07, 6.45) is 4.41. The summed E-state index contributed by atoms with van der Waals surface area (Å²) in [7, 11) is 0. The lowest BCUT2D eigenvalue weighted by molar-refractivity contribution is 0.307. The monoisotopic (exact) mass is 247 g/mol. The van der Waals surface area contributed by atoms with E-state index in [-0.39, 0.29) is 0 Å². The molecule has 0 spiro atoms. The molecule has 0 aliphatic rings. The lowest BCUT2D eigenvalue weighted by atomic mass is 10.4. The molecule has 2 rings (SSSR count). The number of anilines is 2. The Kier molecular flexibility index (Phi) is 4.01. The van der Waals surface area contributed by atoms with Crippen molar-refractivity contribution in [3.8, 4) is 5.88 Å². The molecule has 0 aromatic carbocycles. The van der Waals surface area contributed by atoms with Gasteiger partial charge in [0.15, 0.2) is 0 Å². The van der Waals surface area contributed by atoms with Gasteiger partial charge in [-0.25, -0.2) is 4.98 Å². The minimum absolute atomic E-state index is 0.473. The number of H-pyrrole nitrogens is 1. The zero-order chi connectivity index (χ0) is 12.8. The largest absolute Gasteiger partial charge is 0.476 e. The van der Waals surface area contributed by atoms with Crippen molar-refractivity contribution in [3.63, 3.8) is 0 Å². The predicted octanol–water partition coefficient (Wildman–Crippen LogP) is 1.79. The van der Waals surface area contributed by atoms with Crippen LogP contribution in [-0.4, -0.2) is 21.6 Å². The van der Waals surface area contributed by atoms with Crippen LogP contribution in [0.1, 0.15) is 19.2 Å². The average Bonchev–Trinajstić information content (AvgIpc) is 2.89. The molecule has 0 saturated carbocycles. The molecule has 0 aliphatic carbocycles. The van der Waals surface area contributed by atoms with Gasteiger partial charge in [-0.05, 0) is 18.6 Å². The van der Waals surface area contributed by atoms with Crippen LogP contribution in [0.5, 0.6) is 5.88 Å². The first-order chi connectivity index (χ1) is 8.79. The van der Waals surface area contributed by atoms with E-state index in [0.717, 1.165) is 12.2 Å². The maximum Gasteiger partial charge on any atom is 0.239 e. The molecular weight excluding hydrogens is 230 g/mol. The van der Waals surface area contributed by atoms with E-state index in [0.29, 0.717) is 30.5 Å². The van der Waals surface area contributed by atoms with Crippen molar-refractivity contribution in [1.82, 2.24) is 15.0 Å². The van der Waals surface area contributed by atoms with Gasteiger partial charge in [0.05, 0.1) is 18.8 Å². The fraction of sp³-hybridized carbons (Fsp3) is 0.333. The van der Waals surface area contributed by atoms with E-state index < -0.39 is 0 Å². The molecule has 0 aliphatic heterocycles. The highest BCUT2D eigenvalue weighted by Crippen LogP contribution is 2.21. The van der Waals surface area contributed by atoms with E-state index in [1.165, 1.54) is 0 Å². The van der Waals surface area contributed by atoms with E-state index in [2.05, 4.69) is 20.3 Å². The Morgan fingerprint density at radius 1 is 1.44 bits per heavy atom. The van der Waals surface area contributed by atoms with E-state index in [4.69, 9.17) is 10.5 Å². The van der Waals surface area contributed by atoms with Gasteiger partial charge in [-0.3, -0.25) is 0 Å². The second-order valence-electron chi connectivity index (χ2n) is 3.83. The second kappa shape index (κ2) is 5.90. The highest BCUT2D eigenvalue weighted by atomic mass is 16.5.